The van der Waals surface area contributed by atoms with Crippen LogP contribution in [0.15, 0.2) is 53.1 Å². The summed E-state index contributed by atoms with van der Waals surface area (Å²) in [6.45, 7) is 2.96. The number of nitrogens with zero attached hydrogens (tertiary/aromatic N) is 2. The number of para-hydroxylation sites is 1. The maximum Gasteiger partial charge on any atom is 0.226 e. The summed E-state index contributed by atoms with van der Waals surface area (Å²) in [6, 6.07) is 13.8. The Morgan fingerprint density at radius 3 is 2.44 bits per heavy atom. The molecule has 0 atom stereocenters. The Labute approximate surface area is 211 Å². The van der Waals surface area contributed by atoms with Crippen LogP contribution in [0.2, 0.25) is 0 Å². The van der Waals surface area contributed by atoms with Crippen molar-refractivity contribution in [1.82, 2.24) is 15.4 Å². The van der Waals surface area contributed by atoms with Crippen molar-refractivity contribution in [2.24, 2.45) is 11.8 Å². The number of rotatable bonds is 8. The van der Waals surface area contributed by atoms with Crippen LogP contribution in [-0.4, -0.2) is 47.4 Å². The molecule has 3 aromatic rings. The number of hydrogen-bond acceptors (Lipinski definition) is 5. The van der Waals surface area contributed by atoms with E-state index < -0.39 is 0 Å². The molecule has 1 aliphatic heterocycles. The SMILES string of the molecule is O=C(Cc1noc2ccccc12)NC1CCC(CCN2CCC(C(=O)c3ccc(F)cc3)CC2)CC1. The lowest BCUT2D eigenvalue weighted by atomic mass is 9.83. The van der Waals surface area contributed by atoms with Crippen LogP contribution >= 0.6 is 0 Å². The Morgan fingerprint density at radius 2 is 1.69 bits per heavy atom. The molecule has 2 heterocycles. The van der Waals surface area contributed by atoms with E-state index in [0.717, 1.165) is 63.5 Å². The summed E-state index contributed by atoms with van der Waals surface area (Å²) in [5, 5.41) is 8.17. The molecule has 1 aromatic heterocycles. The number of hydrogen-bond donors (Lipinski definition) is 1. The zero-order valence-corrected chi connectivity index (χ0v) is 20.6. The van der Waals surface area contributed by atoms with Gasteiger partial charge in [-0.1, -0.05) is 17.3 Å². The predicted octanol–water partition coefficient (Wildman–Crippen LogP) is 5.17. The second-order valence-corrected chi connectivity index (χ2v) is 10.4. The number of fused-ring (bicyclic) bond motifs is 1. The predicted molar refractivity (Wildman–Crippen MR) is 136 cm³/mol. The molecule has 2 aliphatic rings. The number of nitrogens with one attached hydrogen (secondary N) is 1. The summed E-state index contributed by atoms with van der Waals surface area (Å²) >= 11 is 0. The van der Waals surface area contributed by atoms with Crippen LogP contribution in [0.3, 0.4) is 0 Å². The first-order chi connectivity index (χ1) is 17.5. The van der Waals surface area contributed by atoms with Crippen molar-refractivity contribution in [3.05, 3.63) is 65.6 Å². The van der Waals surface area contributed by atoms with Gasteiger partial charge in [-0.25, -0.2) is 4.39 Å². The van der Waals surface area contributed by atoms with Crippen molar-refractivity contribution in [3.8, 4) is 0 Å². The number of amides is 1. The number of carbonyl (C=O) groups is 2. The molecule has 7 heteroatoms. The monoisotopic (exact) mass is 491 g/mol. The van der Waals surface area contributed by atoms with Gasteiger partial charge in [0.25, 0.3) is 0 Å². The van der Waals surface area contributed by atoms with Gasteiger partial charge in [-0.05, 0) is 107 Å². The van der Waals surface area contributed by atoms with Crippen molar-refractivity contribution in [3.63, 3.8) is 0 Å². The largest absolute Gasteiger partial charge is 0.356 e. The first kappa shape index (κ1) is 24.6. The van der Waals surface area contributed by atoms with Gasteiger partial charge in [-0.3, -0.25) is 9.59 Å². The molecule has 1 aliphatic carbocycles. The molecule has 0 spiro atoms. The molecule has 1 N–H and O–H groups in total. The smallest absolute Gasteiger partial charge is 0.226 e. The number of aromatic nitrogens is 1. The summed E-state index contributed by atoms with van der Waals surface area (Å²) in [6.07, 6.45) is 7.47. The fourth-order valence-corrected chi connectivity index (χ4v) is 5.73. The second kappa shape index (κ2) is 11.3. The third-order valence-corrected chi connectivity index (χ3v) is 7.93. The molecule has 190 valence electrons. The topological polar surface area (TPSA) is 75.4 Å². The van der Waals surface area contributed by atoms with Crippen LogP contribution in [0.5, 0.6) is 0 Å². The molecule has 1 saturated carbocycles. The van der Waals surface area contributed by atoms with E-state index in [4.69, 9.17) is 4.52 Å². The van der Waals surface area contributed by atoms with E-state index in [1.807, 2.05) is 24.3 Å². The fraction of sp³-hybridized carbons (Fsp3) is 0.483. The van der Waals surface area contributed by atoms with Crippen LogP contribution in [0.25, 0.3) is 11.0 Å². The molecule has 2 fully saturated rings. The van der Waals surface area contributed by atoms with Crippen molar-refractivity contribution < 1.29 is 18.5 Å². The van der Waals surface area contributed by atoms with Crippen LogP contribution in [-0.2, 0) is 11.2 Å². The van der Waals surface area contributed by atoms with Gasteiger partial charge in [0.2, 0.25) is 5.91 Å². The van der Waals surface area contributed by atoms with Gasteiger partial charge >= 0.3 is 0 Å². The van der Waals surface area contributed by atoms with Crippen LogP contribution in [0, 0.1) is 17.7 Å². The molecular formula is C29H34FN3O3. The lowest BCUT2D eigenvalue weighted by molar-refractivity contribution is -0.121. The lowest BCUT2D eigenvalue weighted by Gasteiger charge is -2.34. The number of piperidine rings is 1. The molecule has 6 nitrogen and oxygen atoms in total. The van der Waals surface area contributed by atoms with E-state index >= 15 is 0 Å². The van der Waals surface area contributed by atoms with Gasteiger partial charge in [0.15, 0.2) is 11.4 Å². The molecule has 1 saturated heterocycles. The molecule has 0 unspecified atom stereocenters. The lowest BCUT2D eigenvalue weighted by Crippen LogP contribution is -2.40. The van der Waals surface area contributed by atoms with Gasteiger partial charge in [0.05, 0.1) is 6.42 Å². The number of Topliss-reactive ketones (excluding diaryl/α,β-unsaturated/α-hetero) is 1. The molecule has 2 aromatic carbocycles. The Kier molecular flexibility index (Phi) is 7.75. The Morgan fingerprint density at radius 1 is 0.972 bits per heavy atom. The molecule has 1 amide bonds. The summed E-state index contributed by atoms with van der Waals surface area (Å²) in [4.78, 5) is 27.8. The van der Waals surface area contributed by atoms with Crippen LogP contribution < -0.4 is 5.32 Å². The number of carbonyl (C=O) groups excluding carboxylic acids is 2. The standard InChI is InChI=1S/C29H34FN3O3/c30-23-9-7-21(8-10-23)29(35)22-14-17-33(18-15-22)16-13-20-5-11-24(12-6-20)31-28(34)19-26-25-3-1-2-4-27(25)36-32-26/h1-4,7-10,20,22,24H,5-6,11-19H2,(H,31,34). The van der Waals surface area contributed by atoms with E-state index in [9.17, 15) is 14.0 Å². The third kappa shape index (κ3) is 6.01. The maximum atomic E-state index is 13.1. The highest BCUT2D eigenvalue weighted by Gasteiger charge is 2.27. The minimum absolute atomic E-state index is 0.00978. The van der Waals surface area contributed by atoms with Gasteiger partial charge < -0.3 is 14.7 Å². The number of likely N-dealkylation sites (tertiary alicyclic amines) is 1. The van der Waals surface area contributed by atoms with E-state index in [1.165, 1.54) is 18.6 Å². The van der Waals surface area contributed by atoms with E-state index in [0.29, 0.717) is 22.8 Å². The van der Waals surface area contributed by atoms with Crippen molar-refractivity contribution in [2.45, 2.75) is 57.4 Å². The number of ketones is 1. The molecule has 0 radical (unpaired) electrons. The average Bonchev–Trinajstić information content (AvgIpc) is 3.31. The second-order valence-electron chi connectivity index (χ2n) is 10.4. The quantitative estimate of drug-likeness (QED) is 0.440. The van der Waals surface area contributed by atoms with E-state index in [-0.39, 0.29) is 35.9 Å². The Hall–Kier alpha value is -3.06. The molecule has 5 rings (SSSR count). The molecular weight excluding hydrogens is 457 g/mol. The zero-order chi connectivity index (χ0) is 24.9. The van der Waals surface area contributed by atoms with Gasteiger partial charge in [0, 0.05) is 22.9 Å². The van der Waals surface area contributed by atoms with Crippen molar-refractivity contribution in [2.75, 3.05) is 19.6 Å². The Bertz CT molecular complexity index is 1180. The first-order valence-electron chi connectivity index (χ1n) is 13.2. The average molecular weight is 492 g/mol. The molecule has 36 heavy (non-hydrogen) atoms. The minimum Gasteiger partial charge on any atom is -0.356 e. The minimum atomic E-state index is -0.307. The zero-order valence-electron chi connectivity index (χ0n) is 20.6. The van der Waals surface area contributed by atoms with Crippen LogP contribution in [0.1, 0.15) is 61.0 Å². The summed E-state index contributed by atoms with van der Waals surface area (Å²) in [7, 11) is 0. The third-order valence-electron chi connectivity index (χ3n) is 7.93. The summed E-state index contributed by atoms with van der Waals surface area (Å²) < 4.78 is 18.4. The number of halogens is 1. The van der Waals surface area contributed by atoms with Gasteiger partial charge in [-0.15, -0.1) is 0 Å². The first-order valence-corrected chi connectivity index (χ1v) is 13.2. The van der Waals surface area contributed by atoms with Gasteiger partial charge in [0.1, 0.15) is 11.5 Å². The number of benzene rings is 2. The van der Waals surface area contributed by atoms with Gasteiger partial charge in [-0.2, -0.15) is 0 Å². The van der Waals surface area contributed by atoms with E-state index in [1.54, 1.807) is 12.1 Å². The highest BCUT2D eigenvalue weighted by atomic mass is 19.1. The summed E-state index contributed by atoms with van der Waals surface area (Å²) in [5.41, 5.74) is 2.03. The fourth-order valence-electron chi connectivity index (χ4n) is 5.73. The molecule has 0 bridgehead atoms. The van der Waals surface area contributed by atoms with Crippen molar-refractivity contribution >= 4 is 22.7 Å². The highest BCUT2D eigenvalue weighted by Crippen LogP contribution is 2.29. The summed E-state index contributed by atoms with van der Waals surface area (Å²) in [5.74, 6) is 0.581. The normalized spacial score (nSPS) is 21.5. The van der Waals surface area contributed by atoms with Crippen molar-refractivity contribution in [1.29, 1.82) is 0 Å². The van der Waals surface area contributed by atoms with Crippen LogP contribution in [0.4, 0.5) is 4.39 Å². The Balaban J connectivity index is 0.992. The highest BCUT2D eigenvalue weighted by molar-refractivity contribution is 5.97. The van der Waals surface area contributed by atoms with E-state index in [2.05, 4.69) is 15.4 Å². The maximum absolute atomic E-state index is 13.1.